The number of likely N-dealkylation sites (N-methyl/N-ethyl adjacent to an activating group) is 1. The number of carbonyl (C=O) groups is 2. The van der Waals surface area contributed by atoms with Gasteiger partial charge in [0.05, 0.1) is 0 Å². The first-order valence-electron chi connectivity index (χ1n) is 10.1. The predicted octanol–water partition coefficient (Wildman–Crippen LogP) is 3.85. The van der Waals surface area contributed by atoms with Gasteiger partial charge in [-0.15, -0.1) is 0 Å². The summed E-state index contributed by atoms with van der Waals surface area (Å²) in [5.41, 5.74) is 5.33. The summed E-state index contributed by atoms with van der Waals surface area (Å²) in [5.74, 6) is 0.317. The largest absolute Gasteiger partial charge is 0.483 e. The second-order valence-corrected chi connectivity index (χ2v) is 7.57. The smallest absolute Gasteiger partial charge is 0.261 e. The van der Waals surface area contributed by atoms with Gasteiger partial charge in [0.1, 0.15) is 11.8 Å². The van der Waals surface area contributed by atoms with Gasteiger partial charge in [-0.05, 0) is 69.9 Å². The Kier molecular flexibility index (Phi) is 7.82. The summed E-state index contributed by atoms with van der Waals surface area (Å²) in [4.78, 5) is 27.1. The van der Waals surface area contributed by atoms with Gasteiger partial charge in [0.15, 0.2) is 6.61 Å². The number of hydrogen-bond acceptors (Lipinski definition) is 3. The Labute approximate surface area is 174 Å². The molecule has 1 atom stereocenters. The van der Waals surface area contributed by atoms with Crippen molar-refractivity contribution in [2.45, 2.75) is 54.1 Å². The summed E-state index contributed by atoms with van der Waals surface area (Å²) in [6.45, 7) is 12.4. The van der Waals surface area contributed by atoms with Crippen molar-refractivity contribution in [3.8, 4) is 5.75 Å². The fourth-order valence-corrected chi connectivity index (χ4v) is 3.28. The van der Waals surface area contributed by atoms with E-state index in [1.54, 1.807) is 11.8 Å². The highest BCUT2D eigenvalue weighted by Crippen LogP contribution is 2.23. The molecule has 0 spiro atoms. The zero-order valence-corrected chi connectivity index (χ0v) is 18.3. The van der Waals surface area contributed by atoms with Crippen LogP contribution in [0.2, 0.25) is 0 Å². The van der Waals surface area contributed by atoms with Gasteiger partial charge in [-0.3, -0.25) is 9.59 Å². The van der Waals surface area contributed by atoms with Crippen LogP contribution in [0.1, 0.15) is 41.7 Å². The van der Waals surface area contributed by atoms with Crippen molar-refractivity contribution in [2.75, 3.05) is 13.2 Å². The van der Waals surface area contributed by atoms with E-state index in [1.807, 2.05) is 65.0 Å². The number of benzene rings is 2. The van der Waals surface area contributed by atoms with Gasteiger partial charge < -0.3 is 15.0 Å². The summed E-state index contributed by atoms with van der Waals surface area (Å²) in [7, 11) is 0. The van der Waals surface area contributed by atoms with Gasteiger partial charge in [-0.2, -0.15) is 0 Å². The van der Waals surface area contributed by atoms with Gasteiger partial charge >= 0.3 is 0 Å². The monoisotopic (exact) mass is 396 g/mol. The summed E-state index contributed by atoms with van der Waals surface area (Å²) >= 11 is 0. The molecule has 0 saturated carbocycles. The number of nitrogens with zero attached hydrogens (tertiary/aromatic N) is 1. The Morgan fingerprint density at radius 2 is 1.79 bits per heavy atom. The molecule has 0 fully saturated rings. The lowest BCUT2D eigenvalue weighted by Gasteiger charge is -2.29. The standard InChI is InChI=1S/C24H32N2O3/c1-7-25-24(28)20(6)26(14-21-10-8-9-16(2)12-21)23(27)15-29-22-13-17(3)11-18(4)19(22)5/h8-13,20H,7,14-15H2,1-6H3,(H,25,28)/t20-/m0/s1. The molecule has 0 aliphatic carbocycles. The summed E-state index contributed by atoms with van der Waals surface area (Å²) < 4.78 is 5.87. The maximum Gasteiger partial charge on any atom is 0.261 e. The van der Waals surface area contributed by atoms with Crippen LogP contribution in [-0.4, -0.2) is 35.9 Å². The molecule has 5 heteroatoms. The lowest BCUT2D eigenvalue weighted by atomic mass is 10.1. The number of carbonyl (C=O) groups excluding carboxylic acids is 2. The van der Waals surface area contributed by atoms with Crippen LogP contribution < -0.4 is 10.1 Å². The van der Waals surface area contributed by atoms with E-state index in [-0.39, 0.29) is 18.4 Å². The highest BCUT2D eigenvalue weighted by atomic mass is 16.5. The molecule has 0 bridgehead atoms. The molecule has 156 valence electrons. The third-order valence-electron chi connectivity index (χ3n) is 5.07. The summed E-state index contributed by atoms with van der Waals surface area (Å²) in [5, 5.41) is 2.80. The predicted molar refractivity (Wildman–Crippen MR) is 116 cm³/mol. The molecule has 2 aromatic carbocycles. The zero-order valence-electron chi connectivity index (χ0n) is 18.3. The molecule has 0 aliphatic rings. The molecule has 2 rings (SSSR count). The Morgan fingerprint density at radius 3 is 2.45 bits per heavy atom. The quantitative estimate of drug-likeness (QED) is 0.737. The maximum atomic E-state index is 13.1. The minimum atomic E-state index is -0.591. The van der Waals surface area contributed by atoms with Crippen molar-refractivity contribution < 1.29 is 14.3 Å². The van der Waals surface area contributed by atoms with Gasteiger partial charge in [0.2, 0.25) is 5.91 Å². The molecular formula is C24H32N2O3. The molecular weight excluding hydrogens is 364 g/mol. The Morgan fingerprint density at radius 1 is 1.07 bits per heavy atom. The van der Waals surface area contributed by atoms with Crippen LogP contribution in [0.5, 0.6) is 5.75 Å². The van der Waals surface area contributed by atoms with Crippen molar-refractivity contribution in [1.82, 2.24) is 10.2 Å². The van der Waals surface area contributed by atoms with E-state index in [4.69, 9.17) is 4.74 Å². The molecule has 0 aliphatic heterocycles. The van der Waals surface area contributed by atoms with Crippen LogP contribution in [0.3, 0.4) is 0 Å². The van der Waals surface area contributed by atoms with Crippen molar-refractivity contribution in [1.29, 1.82) is 0 Å². The second kappa shape index (κ2) is 10.1. The van der Waals surface area contributed by atoms with E-state index in [2.05, 4.69) is 11.4 Å². The average molecular weight is 397 g/mol. The van der Waals surface area contributed by atoms with E-state index in [0.717, 1.165) is 27.8 Å². The van der Waals surface area contributed by atoms with Crippen LogP contribution in [0.15, 0.2) is 36.4 Å². The van der Waals surface area contributed by atoms with Crippen molar-refractivity contribution >= 4 is 11.8 Å². The lowest BCUT2D eigenvalue weighted by molar-refractivity contribution is -0.142. The second-order valence-electron chi connectivity index (χ2n) is 7.57. The first kappa shape index (κ1) is 22.5. The lowest BCUT2D eigenvalue weighted by Crippen LogP contribution is -2.49. The molecule has 0 saturated heterocycles. The molecule has 2 amide bonds. The van der Waals surface area contributed by atoms with Gasteiger partial charge in [-0.1, -0.05) is 35.9 Å². The number of aryl methyl sites for hydroxylation is 3. The number of hydrogen-bond donors (Lipinski definition) is 1. The fraction of sp³-hybridized carbons (Fsp3) is 0.417. The van der Waals surface area contributed by atoms with E-state index in [9.17, 15) is 9.59 Å². The van der Waals surface area contributed by atoms with Crippen molar-refractivity contribution in [3.05, 3.63) is 64.2 Å². The van der Waals surface area contributed by atoms with E-state index in [1.165, 1.54) is 0 Å². The SMILES string of the molecule is CCNC(=O)[C@H](C)N(Cc1cccc(C)c1)C(=O)COc1cc(C)cc(C)c1C. The fourth-order valence-electron chi connectivity index (χ4n) is 3.28. The van der Waals surface area contributed by atoms with Crippen LogP contribution >= 0.6 is 0 Å². The number of ether oxygens (including phenoxy) is 1. The van der Waals surface area contributed by atoms with Crippen LogP contribution in [0.4, 0.5) is 0 Å². The molecule has 2 aromatic rings. The summed E-state index contributed by atoms with van der Waals surface area (Å²) in [6.07, 6.45) is 0. The van der Waals surface area contributed by atoms with Gasteiger partial charge in [0.25, 0.3) is 5.91 Å². The van der Waals surface area contributed by atoms with Gasteiger partial charge in [0, 0.05) is 13.1 Å². The zero-order chi connectivity index (χ0) is 21.6. The molecule has 0 unspecified atom stereocenters. The Bertz CT molecular complexity index is 876. The molecule has 29 heavy (non-hydrogen) atoms. The highest BCUT2D eigenvalue weighted by molar-refractivity contribution is 5.87. The molecule has 5 nitrogen and oxygen atoms in total. The topological polar surface area (TPSA) is 58.6 Å². The minimum Gasteiger partial charge on any atom is -0.483 e. The van der Waals surface area contributed by atoms with E-state index < -0.39 is 6.04 Å². The van der Waals surface area contributed by atoms with Crippen molar-refractivity contribution in [2.24, 2.45) is 0 Å². The molecule has 0 aromatic heterocycles. The summed E-state index contributed by atoms with van der Waals surface area (Å²) in [6, 6.07) is 11.4. The molecule has 0 radical (unpaired) electrons. The number of rotatable bonds is 8. The maximum absolute atomic E-state index is 13.1. The van der Waals surface area contributed by atoms with Gasteiger partial charge in [-0.25, -0.2) is 0 Å². The van der Waals surface area contributed by atoms with Crippen LogP contribution in [0, 0.1) is 27.7 Å². The minimum absolute atomic E-state index is 0.112. The van der Waals surface area contributed by atoms with E-state index in [0.29, 0.717) is 18.8 Å². The van der Waals surface area contributed by atoms with E-state index >= 15 is 0 Å². The molecule has 1 N–H and O–H groups in total. The van der Waals surface area contributed by atoms with Crippen LogP contribution in [0.25, 0.3) is 0 Å². The van der Waals surface area contributed by atoms with Crippen molar-refractivity contribution in [3.63, 3.8) is 0 Å². The molecule has 0 heterocycles. The first-order chi connectivity index (χ1) is 13.7. The number of amides is 2. The third kappa shape index (κ3) is 6.08. The Balaban J connectivity index is 2.20. The van der Waals surface area contributed by atoms with Crippen LogP contribution in [-0.2, 0) is 16.1 Å². The normalized spacial score (nSPS) is 11.7. The highest BCUT2D eigenvalue weighted by Gasteiger charge is 2.26. The Hall–Kier alpha value is -2.82. The first-order valence-corrected chi connectivity index (χ1v) is 10.1. The average Bonchev–Trinajstić information content (AvgIpc) is 2.67. The number of nitrogens with one attached hydrogen (secondary N) is 1. The third-order valence-corrected chi connectivity index (χ3v) is 5.07.